The molecule has 0 spiro atoms. The third kappa shape index (κ3) is 4.47. The van der Waals surface area contributed by atoms with Gasteiger partial charge in [0.05, 0.1) is 12.0 Å². The smallest absolute Gasteiger partial charge is 0.305 e. The number of rotatable bonds is 6. The highest BCUT2D eigenvalue weighted by atomic mass is 16.4. The molecule has 0 radical (unpaired) electrons. The fourth-order valence-electron chi connectivity index (χ4n) is 3.55. The zero-order valence-corrected chi connectivity index (χ0v) is 12.1. The molecule has 2 fully saturated rings. The quantitative estimate of drug-likeness (QED) is 0.692. The third-order valence-electron chi connectivity index (χ3n) is 4.63. The number of carboxylic acids is 1. The molecule has 1 atom stereocenters. The molecule has 1 aliphatic carbocycles. The van der Waals surface area contributed by atoms with Gasteiger partial charge in [-0.15, -0.1) is 0 Å². The molecule has 5 heteroatoms. The molecule has 1 saturated carbocycles. The SMILES string of the molecule is O=C(O)CC1(NC(=O)CCC2CCCNC2)CCCC1. The Morgan fingerprint density at radius 2 is 2.00 bits per heavy atom. The minimum Gasteiger partial charge on any atom is -0.481 e. The molecule has 1 aliphatic heterocycles. The third-order valence-corrected chi connectivity index (χ3v) is 4.63. The summed E-state index contributed by atoms with van der Waals surface area (Å²) in [4.78, 5) is 23.1. The predicted molar refractivity (Wildman–Crippen MR) is 76.4 cm³/mol. The van der Waals surface area contributed by atoms with Gasteiger partial charge in [0.25, 0.3) is 0 Å². The fraction of sp³-hybridized carbons (Fsp3) is 0.867. The largest absolute Gasteiger partial charge is 0.481 e. The van der Waals surface area contributed by atoms with Crippen LogP contribution < -0.4 is 10.6 Å². The number of nitrogens with one attached hydrogen (secondary N) is 2. The van der Waals surface area contributed by atoms with E-state index in [-0.39, 0.29) is 12.3 Å². The van der Waals surface area contributed by atoms with Crippen molar-refractivity contribution < 1.29 is 14.7 Å². The van der Waals surface area contributed by atoms with Crippen LogP contribution in [-0.2, 0) is 9.59 Å². The second kappa shape index (κ2) is 7.07. The molecule has 0 aromatic heterocycles. The number of piperidine rings is 1. The maximum Gasteiger partial charge on any atom is 0.305 e. The molecule has 1 amide bonds. The Balaban J connectivity index is 1.77. The molecule has 0 aromatic carbocycles. The van der Waals surface area contributed by atoms with Gasteiger partial charge in [0, 0.05) is 6.42 Å². The zero-order chi connectivity index (χ0) is 14.4. The summed E-state index contributed by atoms with van der Waals surface area (Å²) in [6, 6.07) is 0. The fourth-order valence-corrected chi connectivity index (χ4v) is 3.55. The van der Waals surface area contributed by atoms with E-state index in [0.717, 1.165) is 45.2 Å². The van der Waals surface area contributed by atoms with Crippen molar-refractivity contribution >= 4 is 11.9 Å². The molecule has 1 unspecified atom stereocenters. The van der Waals surface area contributed by atoms with Gasteiger partial charge in [-0.25, -0.2) is 0 Å². The number of hydrogen-bond donors (Lipinski definition) is 3. The Labute approximate surface area is 120 Å². The van der Waals surface area contributed by atoms with Gasteiger partial charge in [-0.2, -0.15) is 0 Å². The summed E-state index contributed by atoms with van der Waals surface area (Å²) in [5, 5.41) is 15.4. The van der Waals surface area contributed by atoms with E-state index in [1.807, 2.05) is 0 Å². The van der Waals surface area contributed by atoms with Gasteiger partial charge in [-0.1, -0.05) is 12.8 Å². The van der Waals surface area contributed by atoms with E-state index in [1.165, 1.54) is 12.8 Å². The number of carbonyl (C=O) groups is 2. The molecule has 2 rings (SSSR count). The average molecular weight is 282 g/mol. The summed E-state index contributed by atoms with van der Waals surface area (Å²) in [5.74, 6) is -0.198. The van der Waals surface area contributed by atoms with E-state index in [4.69, 9.17) is 5.11 Å². The molecule has 3 N–H and O–H groups in total. The molecule has 1 heterocycles. The number of hydrogen-bond acceptors (Lipinski definition) is 3. The Kier molecular flexibility index (Phi) is 5.40. The van der Waals surface area contributed by atoms with Crippen LogP contribution in [0.1, 0.15) is 57.8 Å². The first kappa shape index (κ1) is 15.3. The van der Waals surface area contributed by atoms with Crippen molar-refractivity contribution in [2.45, 2.75) is 63.3 Å². The normalized spacial score (nSPS) is 25.3. The molecule has 2 aliphatic rings. The average Bonchev–Trinajstić information content (AvgIpc) is 2.85. The van der Waals surface area contributed by atoms with Crippen LogP contribution in [-0.4, -0.2) is 35.6 Å². The standard InChI is InChI=1S/C15H26N2O3/c18-13(6-5-12-4-3-9-16-11-12)17-15(10-14(19)20)7-1-2-8-15/h12,16H,1-11H2,(H,17,18)(H,19,20). The van der Waals surface area contributed by atoms with Crippen molar-refractivity contribution in [1.29, 1.82) is 0 Å². The van der Waals surface area contributed by atoms with Crippen LogP contribution in [0.15, 0.2) is 0 Å². The van der Waals surface area contributed by atoms with Gasteiger partial charge in [0.15, 0.2) is 0 Å². The maximum absolute atomic E-state index is 12.1. The first-order valence-corrected chi connectivity index (χ1v) is 7.83. The lowest BCUT2D eigenvalue weighted by molar-refractivity contribution is -0.139. The maximum atomic E-state index is 12.1. The van der Waals surface area contributed by atoms with E-state index in [0.29, 0.717) is 12.3 Å². The molecular weight excluding hydrogens is 256 g/mol. The highest BCUT2D eigenvalue weighted by Gasteiger charge is 2.37. The zero-order valence-electron chi connectivity index (χ0n) is 12.1. The first-order valence-electron chi connectivity index (χ1n) is 7.83. The van der Waals surface area contributed by atoms with Crippen molar-refractivity contribution in [3.63, 3.8) is 0 Å². The first-order chi connectivity index (χ1) is 9.60. The van der Waals surface area contributed by atoms with Gasteiger partial charge in [-0.3, -0.25) is 9.59 Å². The minimum atomic E-state index is -0.816. The lowest BCUT2D eigenvalue weighted by Gasteiger charge is -2.29. The van der Waals surface area contributed by atoms with Crippen LogP contribution in [0.25, 0.3) is 0 Å². The lowest BCUT2D eigenvalue weighted by atomic mass is 9.91. The summed E-state index contributed by atoms with van der Waals surface area (Å²) in [6.45, 7) is 2.10. The van der Waals surface area contributed by atoms with Crippen LogP contribution in [0, 0.1) is 5.92 Å². The second-order valence-corrected chi connectivity index (χ2v) is 6.36. The minimum absolute atomic E-state index is 0.0266. The molecule has 1 saturated heterocycles. The van der Waals surface area contributed by atoms with Crippen molar-refractivity contribution in [2.75, 3.05) is 13.1 Å². The van der Waals surface area contributed by atoms with E-state index in [1.54, 1.807) is 0 Å². The van der Waals surface area contributed by atoms with Crippen LogP contribution >= 0.6 is 0 Å². The molecule has 5 nitrogen and oxygen atoms in total. The van der Waals surface area contributed by atoms with Crippen molar-refractivity contribution in [1.82, 2.24) is 10.6 Å². The van der Waals surface area contributed by atoms with Crippen molar-refractivity contribution in [3.8, 4) is 0 Å². The van der Waals surface area contributed by atoms with Crippen LogP contribution in [0.2, 0.25) is 0 Å². The molecule has 0 aromatic rings. The van der Waals surface area contributed by atoms with Gasteiger partial charge >= 0.3 is 5.97 Å². The number of aliphatic carboxylic acids is 1. The van der Waals surface area contributed by atoms with Gasteiger partial charge in [-0.05, 0) is 51.1 Å². The van der Waals surface area contributed by atoms with E-state index in [2.05, 4.69) is 10.6 Å². The summed E-state index contributed by atoms with van der Waals surface area (Å²) in [6.07, 6.45) is 7.50. The second-order valence-electron chi connectivity index (χ2n) is 6.36. The van der Waals surface area contributed by atoms with Crippen LogP contribution in [0.3, 0.4) is 0 Å². The Morgan fingerprint density at radius 1 is 1.25 bits per heavy atom. The van der Waals surface area contributed by atoms with E-state index in [9.17, 15) is 9.59 Å². The molecule has 20 heavy (non-hydrogen) atoms. The number of carboxylic acid groups (broad SMARTS) is 1. The molecule has 114 valence electrons. The topological polar surface area (TPSA) is 78.4 Å². The van der Waals surface area contributed by atoms with Gasteiger partial charge in [0.1, 0.15) is 0 Å². The summed E-state index contributed by atoms with van der Waals surface area (Å²) >= 11 is 0. The Morgan fingerprint density at radius 3 is 2.60 bits per heavy atom. The van der Waals surface area contributed by atoms with Crippen LogP contribution in [0.4, 0.5) is 0 Å². The monoisotopic (exact) mass is 282 g/mol. The van der Waals surface area contributed by atoms with Gasteiger partial charge < -0.3 is 15.7 Å². The van der Waals surface area contributed by atoms with E-state index >= 15 is 0 Å². The highest BCUT2D eigenvalue weighted by molar-refractivity contribution is 5.78. The van der Waals surface area contributed by atoms with E-state index < -0.39 is 11.5 Å². The lowest BCUT2D eigenvalue weighted by Crippen LogP contribution is -2.48. The van der Waals surface area contributed by atoms with Gasteiger partial charge in [0.2, 0.25) is 5.91 Å². The van der Waals surface area contributed by atoms with Crippen LogP contribution in [0.5, 0.6) is 0 Å². The summed E-state index contributed by atoms with van der Waals surface area (Å²) in [7, 11) is 0. The van der Waals surface area contributed by atoms with Crippen molar-refractivity contribution in [3.05, 3.63) is 0 Å². The predicted octanol–water partition coefficient (Wildman–Crippen LogP) is 1.67. The molecule has 0 bridgehead atoms. The number of amides is 1. The Hall–Kier alpha value is -1.10. The van der Waals surface area contributed by atoms with Crippen molar-refractivity contribution in [2.24, 2.45) is 5.92 Å². The summed E-state index contributed by atoms with van der Waals surface area (Å²) < 4.78 is 0. The number of carbonyl (C=O) groups excluding carboxylic acids is 1. The Bertz CT molecular complexity index is 345. The summed E-state index contributed by atoms with van der Waals surface area (Å²) in [5.41, 5.74) is -0.478. The molecular formula is C15H26N2O3. The highest BCUT2D eigenvalue weighted by Crippen LogP contribution is 2.32.